The SMILES string of the molecule is CC(O)C[C@@H](O)n1cc(C#CCOC(=O)C(CCCCNC(=O)OC(C)(C)C)NC(=O)OC(C)(C)C)c(N)nc1=O. The van der Waals surface area contributed by atoms with E-state index in [1.54, 1.807) is 41.5 Å². The lowest BCUT2D eigenvalue weighted by Crippen LogP contribution is -2.44. The lowest BCUT2D eigenvalue weighted by Gasteiger charge is -2.23. The molecule has 0 aromatic carbocycles. The van der Waals surface area contributed by atoms with Crippen molar-refractivity contribution < 1.29 is 38.8 Å². The highest BCUT2D eigenvalue weighted by Crippen LogP contribution is 2.12. The van der Waals surface area contributed by atoms with E-state index in [9.17, 15) is 29.4 Å². The minimum Gasteiger partial charge on any atom is -0.451 e. The number of hydrogen-bond donors (Lipinski definition) is 5. The lowest BCUT2D eigenvalue weighted by atomic mass is 10.1. The molecule has 0 aliphatic rings. The fraction of sp³-hybridized carbons (Fsp3) is 0.667. The number of ether oxygens (including phenoxy) is 3. The number of aliphatic hydroxyl groups is 2. The second-order valence-electron chi connectivity index (χ2n) is 11.3. The summed E-state index contributed by atoms with van der Waals surface area (Å²) in [5.41, 5.74) is 3.64. The first kappa shape index (κ1) is 35.2. The van der Waals surface area contributed by atoms with Crippen molar-refractivity contribution >= 4 is 24.0 Å². The van der Waals surface area contributed by atoms with Crippen molar-refractivity contribution in [2.75, 3.05) is 18.9 Å². The van der Waals surface area contributed by atoms with Gasteiger partial charge in [-0.05, 0) is 67.7 Å². The molecule has 6 N–H and O–H groups in total. The fourth-order valence-electron chi connectivity index (χ4n) is 3.23. The van der Waals surface area contributed by atoms with Gasteiger partial charge in [0.25, 0.3) is 0 Å². The van der Waals surface area contributed by atoms with E-state index in [2.05, 4.69) is 27.5 Å². The molecule has 0 saturated carbocycles. The Kier molecular flexibility index (Phi) is 13.6. The third-order valence-electron chi connectivity index (χ3n) is 4.93. The summed E-state index contributed by atoms with van der Waals surface area (Å²) in [5, 5.41) is 24.7. The zero-order valence-corrected chi connectivity index (χ0v) is 24.8. The van der Waals surface area contributed by atoms with Crippen molar-refractivity contribution in [3.63, 3.8) is 0 Å². The Morgan fingerprint density at radius 2 is 1.68 bits per heavy atom. The van der Waals surface area contributed by atoms with Crippen LogP contribution in [-0.2, 0) is 19.0 Å². The number of nitrogens with two attached hydrogens (primary N) is 1. The molecule has 2 amide bonds. The molecule has 41 heavy (non-hydrogen) atoms. The van der Waals surface area contributed by atoms with Gasteiger partial charge in [0.05, 0.1) is 11.7 Å². The van der Waals surface area contributed by atoms with E-state index in [0.29, 0.717) is 19.4 Å². The van der Waals surface area contributed by atoms with Crippen LogP contribution in [0.15, 0.2) is 11.0 Å². The molecular formula is C27H43N5O9. The summed E-state index contributed by atoms with van der Waals surface area (Å²) in [6.07, 6.45) is -1.32. The monoisotopic (exact) mass is 581 g/mol. The molecule has 14 nitrogen and oxygen atoms in total. The highest BCUT2D eigenvalue weighted by Gasteiger charge is 2.25. The van der Waals surface area contributed by atoms with Gasteiger partial charge in [0, 0.05) is 19.2 Å². The van der Waals surface area contributed by atoms with Crippen LogP contribution in [0, 0.1) is 11.8 Å². The summed E-state index contributed by atoms with van der Waals surface area (Å²) in [4.78, 5) is 52.5. The van der Waals surface area contributed by atoms with Crippen molar-refractivity contribution in [2.24, 2.45) is 0 Å². The number of carbonyl (C=O) groups is 3. The lowest BCUT2D eigenvalue weighted by molar-refractivity contribution is -0.144. The zero-order valence-electron chi connectivity index (χ0n) is 24.8. The number of esters is 1. The van der Waals surface area contributed by atoms with Crippen LogP contribution in [0.2, 0.25) is 0 Å². The molecule has 1 heterocycles. The fourth-order valence-corrected chi connectivity index (χ4v) is 3.23. The Balaban J connectivity index is 2.82. The number of aromatic nitrogens is 2. The second kappa shape index (κ2) is 15.8. The summed E-state index contributed by atoms with van der Waals surface area (Å²) >= 11 is 0. The molecule has 0 spiro atoms. The molecule has 0 fully saturated rings. The molecule has 3 atom stereocenters. The highest BCUT2D eigenvalue weighted by atomic mass is 16.6. The Morgan fingerprint density at radius 3 is 2.27 bits per heavy atom. The third-order valence-corrected chi connectivity index (χ3v) is 4.93. The molecule has 2 unspecified atom stereocenters. The molecule has 0 bridgehead atoms. The van der Waals surface area contributed by atoms with Crippen LogP contribution in [0.25, 0.3) is 0 Å². The molecule has 1 aromatic rings. The zero-order chi connectivity index (χ0) is 31.4. The van der Waals surface area contributed by atoms with Gasteiger partial charge < -0.3 is 40.8 Å². The summed E-state index contributed by atoms with van der Waals surface area (Å²) in [7, 11) is 0. The topological polar surface area (TPSA) is 204 Å². The number of nitrogens with one attached hydrogen (secondary N) is 2. The molecule has 0 radical (unpaired) electrons. The average molecular weight is 582 g/mol. The van der Waals surface area contributed by atoms with E-state index in [1.165, 1.54) is 13.1 Å². The van der Waals surface area contributed by atoms with Crippen molar-refractivity contribution in [2.45, 2.75) is 104 Å². The molecule has 14 heteroatoms. The maximum absolute atomic E-state index is 12.8. The second-order valence-corrected chi connectivity index (χ2v) is 11.3. The first-order valence-corrected chi connectivity index (χ1v) is 13.2. The van der Waals surface area contributed by atoms with Gasteiger partial charge in [-0.2, -0.15) is 4.98 Å². The normalized spacial score (nSPS) is 13.6. The maximum Gasteiger partial charge on any atom is 0.408 e. The minimum atomic E-state index is -1.34. The quantitative estimate of drug-likeness (QED) is 0.110. The molecule has 230 valence electrons. The summed E-state index contributed by atoms with van der Waals surface area (Å²) < 4.78 is 16.5. The van der Waals surface area contributed by atoms with Crippen LogP contribution in [0.4, 0.5) is 15.4 Å². The van der Waals surface area contributed by atoms with Crippen molar-refractivity contribution in [1.29, 1.82) is 0 Å². The van der Waals surface area contributed by atoms with Gasteiger partial charge in [-0.3, -0.25) is 4.57 Å². The number of nitrogens with zero attached hydrogens (tertiary/aromatic N) is 2. The first-order valence-electron chi connectivity index (χ1n) is 13.2. The van der Waals surface area contributed by atoms with E-state index in [-0.39, 0.29) is 30.8 Å². The first-order chi connectivity index (χ1) is 18.9. The average Bonchev–Trinajstić information content (AvgIpc) is 2.78. The van der Waals surface area contributed by atoms with Crippen LogP contribution >= 0.6 is 0 Å². The van der Waals surface area contributed by atoms with E-state index < -0.39 is 53.4 Å². The molecule has 0 aliphatic carbocycles. The smallest absolute Gasteiger partial charge is 0.408 e. The van der Waals surface area contributed by atoms with E-state index in [4.69, 9.17) is 19.9 Å². The van der Waals surface area contributed by atoms with Crippen molar-refractivity contribution in [3.05, 3.63) is 22.2 Å². The highest BCUT2D eigenvalue weighted by molar-refractivity contribution is 5.81. The Morgan fingerprint density at radius 1 is 1.07 bits per heavy atom. The van der Waals surface area contributed by atoms with Crippen LogP contribution in [-0.4, -0.2) is 74.4 Å². The maximum atomic E-state index is 12.8. The number of carbonyl (C=O) groups excluding carboxylic acids is 3. The van der Waals surface area contributed by atoms with Crippen LogP contribution in [0.5, 0.6) is 0 Å². The van der Waals surface area contributed by atoms with Gasteiger partial charge in [0.1, 0.15) is 29.3 Å². The Labute approximate surface area is 239 Å². The summed E-state index contributed by atoms with van der Waals surface area (Å²) in [6, 6.07) is -1.04. The molecule has 1 aromatic heterocycles. The van der Waals surface area contributed by atoms with Gasteiger partial charge in [0.15, 0.2) is 6.61 Å². The number of rotatable bonds is 11. The summed E-state index contributed by atoms with van der Waals surface area (Å²) in [5.74, 6) is 4.28. The van der Waals surface area contributed by atoms with Crippen LogP contribution in [0.3, 0.4) is 0 Å². The number of aliphatic hydroxyl groups excluding tert-OH is 2. The van der Waals surface area contributed by atoms with Gasteiger partial charge in [0.2, 0.25) is 0 Å². The number of nitrogen functional groups attached to an aromatic ring is 1. The predicted octanol–water partition coefficient (Wildman–Crippen LogP) is 1.57. The van der Waals surface area contributed by atoms with Gasteiger partial charge >= 0.3 is 23.8 Å². The van der Waals surface area contributed by atoms with Gasteiger partial charge in [-0.15, -0.1) is 0 Å². The number of unbranched alkanes of at least 4 members (excludes halogenated alkanes) is 1. The van der Waals surface area contributed by atoms with Crippen LogP contribution < -0.4 is 22.1 Å². The largest absolute Gasteiger partial charge is 0.451 e. The Bertz CT molecular complexity index is 1160. The number of alkyl carbamates (subject to hydrolysis) is 2. The van der Waals surface area contributed by atoms with E-state index >= 15 is 0 Å². The standard InChI is InChI=1S/C27H43N5O9/c1-17(33)15-20(34)32-16-18(21(28)31-23(32)36)11-10-14-39-22(35)19(30-25(38)41-27(5,6)7)12-8-9-13-29-24(37)40-26(2,3)4/h16-17,19-20,33-34H,8-9,12-15H2,1-7H3,(H,29,37)(H,30,38)(H2,28,31,36)/t17?,19?,20-/m1/s1. The molecule has 0 saturated heterocycles. The molecule has 1 rings (SSSR count). The third kappa shape index (κ3) is 14.9. The number of amides is 2. The van der Waals surface area contributed by atoms with Crippen LogP contribution in [0.1, 0.15) is 85.9 Å². The number of hydrogen-bond acceptors (Lipinski definition) is 11. The number of anilines is 1. The Hall–Kier alpha value is -3.83. The van der Waals surface area contributed by atoms with E-state index in [0.717, 1.165) is 4.57 Å². The minimum absolute atomic E-state index is 0.103. The van der Waals surface area contributed by atoms with Crippen molar-refractivity contribution in [3.8, 4) is 11.8 Å². The van der Waals surface area contributed by atoms with Gasteiger partial charge in [-0.1, -0.05) is 11.8 Å². The van der Waals surface area contributed by atoms with E-state index in [1.807, 2.05) is 0 Å². The predicted molar refractivity (Wildman–Crippen MR) is 150 cm³/mol. The summed E-state index contributed by atoms with van der Waals surface area (Å²) in [6.45, 7) is 11.7. The molecule has 0 aliphatic heterocycles. The molecular weight excluding hydrogens is 538 g/mol. The van der Waals surface area contributed by atoms with Crippen molar-refractivity contribution in [1.82, 2.24) is 20.2 Å². The van der Waals surface area contributed by atoms with Gasteiger partial charge in [-0.25, -0.2) is 19.2 Å².